The molecule has 2 unspecified atom stereocenters. The standard InChI is InChI=1S/C15H24N4O2/c1-5-21-12-6-15(16,14(12,3)4)13(20)19-9-11-8-17-10(2)7-18-11/h7-8,12H,5-6,9,16H2,1-4H3,(H,19,20). The fraction of sp³-hybridized carbons (Fsp3) is 0.667. The van der Waals surface area contributed by atoms with Crippen LogP contribution in [0, 0.1) is 12.3 Å². The van der Waals surface area contributed by atoms with Crippen LogP contribution >= 0.6 is 0 Å². The highest BCUT2D eigenvalue weighted by molar-refractivity contribution is 5.88. The first kappa shape index (κ1) is 15.9. The first-order chi connectivity index (χ1) is 9.81. The minimum atomic E-state index is -0.898. The molecule has 1 aliphatic carbocycles. The monoisotopic (exact) mass is 292 g/mol. The van der Waals surface area contributed by atoms with Crippen molar-refractivity contribution in [2.24, 2.45) is 11.1 Å². The number of carbonyl (C=O) groups excluding carboxylic acids is 1. The first-order valence-corrected chi connectivity index (χ1v) is 7.27. The molecule has 0 saturated heterocycles. The van der Waals surface area contributed by atoms with Crippen LogP contribution in [0.25, 0.3) is 0 Å². The van der Waals surface area contributed by atoms with Gasteiger partial charge < -0.3 is 15.8 Å². The van der Waals surface area contributed by atoms with E-state index in [0.717, 1.165) is 11.4 Å². The van der Waals surface area contributed by atoms with Crippen LogP contribution in [0.15, 0.2) is 12.4 Å². The Morgan fingerprint density at radius 2 is 2.19 bits per heavy atom. The van der Waals surface area contributed by atoms with Gasteiger partial charge in [0.1, 0.15) is 5.54 Å². The Hall–Kier alpha value is -1.53. The average Bonchev–Trinajstić information content (AvgIpc) is 2.45. The van der Waals surface area contributed by atoms with Crippen molar-refractivity contribution in [3.05, 3.63) is 23.8 Å². The number of nitrogens with one attached hydrogen (secondary N) is 1. The van der Waals surface area contributed by atoms with Crippen molar-refractivity contribution in [2.75, 3.05) is 6.61 Å². The zero-order valence-electron chi connectivity index (χ0n) is 13.1. The number of rotatable bonds is 5. The Kier molecular flexibility index (Phi) is 4.30. The molecule has 1 aromatic heterocycles. The minimum absolute atomic E-state index is 0.0254. The Bertz CT molecular complexity index is 515. The molecule has 2 atom stereocenters. The molecule has 1 aliphatic rings. The number of ether oxygens (including phenoxy) is 1. The Morgan fingerprint density at radius 1 is 1.48 bits per heavy atom. The van der Waals surface area contributed by atoms with E-state index in [0.29, 0.717) is 19.6 Å². The zero-order chi connectivity index (χ0) is 15.7. The molecular weight excluding hydrogens is 268 g/mol. The number of nitrogens with zero attached hydrogens (tertiary/aromatic N) is 2. The largest absolute Gasteiger partial charge is 0.378 e. The number of nitrogens with two attached hydrogens (primary N) is 1. The molecule has 21 heavy (non-hydrogen) atoms. The van der Waals surface area contributed by atoms with Gasteiger partial charge in [-0.1, -0.05) is 13.8 Å². The van der Waals surface area contributed by atoms with E-state index in [1.54, 1.807) is 12.4 Å². The van der Waals surface area contributed by atoms with Crippen LogP contribution in [-0.2, 0) is 16.1 Å². The van der Waals surface area contributed by atoms with E-state index in [1.165, 1.54) is 0 Å². The van der Waals surface area contributed by atoms with E-state index in [1.807, 2.05) is 27.7 Å². The number of amides is 1. The minimum Gasteiger partial charge on any atom is -0.378 e. The van der Waals surface area contributed by atoms with Gasteiger partial charge >= 0.3 is 0 Å². The molecule has 0 aromatic carbocycles. The second-order valence-corrected chi connectivity index (χ2v) is 6.17. The maximum Gasteiger partial charge on any atom is 0.241 e. The van der Waals surface area contributed by atoms with Gasteiger partial charge in [0, 0.05) is 24.6 Å². The van der Waals surface area contributed by atoms with E-state index in [-0.39, 0.29) is 17.4 Å². The Balaban J connectivity index is 1.96. The summed E-state index contributed by atoms with van der Waals surface area (Å²) < 4.78 is 5.63. The summed E-state index contributed by atoms with van der Waals surface area (Å²) in [5.74, 6) is -0.161. The second-order valence-electron chi connectivity index (χ2n) is 6.17. The van der Waals surface area contributed by atoms with Gasteiger partial charge in [-0.3, -0.25) is 14.8 Å². The van der Waals surface area contributed by atoms with Gasteiger partial charge in [0.2, 0.25) is 5.91 Å². The number of aromatic nitrogens is 2. The zero-order valence-corrected chi connectivity index (χ0v) is 13.1. The van der Waals surface area contributed by atoms with E-state index in [2.05, 4.69) is 15.3 Å². The van der Waals surface area contributed by atoms with Crippen molar-refractivity contribution >= 4 is 5.91 Å². The summed E-state index contributed by atoms with van der Waals surface area (Å²) in [5, 5.41) is 2.86. The molecule has 0 bridgehead atoms. The van der Waals surface area contributed by atoms with Crippen LogP contribution in [0.3, 0.4) is 0 Å². The van der Waals surface area contributed by atoms with Crippen molar-refractivity contribution in [3.8, 4) is 0 Å². The molecule has 1 aromatic rings. The van der Waals surface area contributed by atoms with Crippen LogP contribution < -0.4 is 11.1 Å². The lowest BCUT2D eigenvalue weighted by Gasteiger charge is -2.57. The predicted molar refractivity (Wildman–Crippen MR) is 79.3 cm³/mol. The molecular formula is C15H24N4O2. The first-order valence-electron chi connectivity index (χ1n) is 7.27. The topological polar surface area (TPSA) is 90.1 Å². The highest BCUT2D eigenvalue weighted by atomic mass is 16.5. The van der Waals surface area contributed by atoms with Crippen LogP contribution in [0.5, 0.6) is 0 Å². The fourth-order valence-electron chi connectivity index (χ4n) is 2.66. The summed E-state index contributed by atoms with van der Waals surface area (Å²) in [5.41, 5.74) is 6.59. The van der Waals surface area contributed by atoms with Gasteiger partial charge in [0.05, 0.1) is 30.2 Å². The Labute approximate surface area is 125 Å². The lowest BCUT2D eigenvalue weighted by molar-refractivity contribution is -0.170. The number of hydrogen-bond donors (Lipinski definition) is 2. The van der Waals surface area contributed by atoms with Crippen LogP contribution in [0.2, 0.25) is 0 Å². The molecule has 1 saturated carbocycles. The normalized spacial score (nSPS) is 27.0. The maximum absolute atomic E-state index is 12.4. The fourth-order valence-corrected chi connectivity index (χ4v) is 2.66. The lowest BCUT2D eigenvalue weighted by Crippen LogP contribution is -2.75. The molecule has 2 rings (SSSR count). The molecule has 0 aliphatic heterocycles. The third-order valence-electron chi connectivity index (χ3n) is 4.50. The van der Waals surface area contributed by atoms with Crippen molar-refractivity contribution in [3.63, 3.8) is 0 Å². The van der Waals surface area contributed by atoms with E-state index >= 15 is 0 Å². The van der Waals surface area contributed by atoms with Crippen LogP contribution in [0.4, 0.5) is 0 Å². The number of aryl methyl sites for hydroxylation is 1. The summed E-state index contributed by atoms with van der Waals surface area (Å²) >= 11 is 0. The van der Waals surface area contributed by atoms with Crippen LogP contribution in [0.1, 0.15) is 38.6 Å². The number of hydrogen-bond acceptors (Lipinski definition) is 5. The molecule has 3 N–H and O–H groups in total. The molecule has 6 heteroatoms. The smallest absolute Gasteiger partial charge is 0.241 e. The third-order valence-corrected chi connectivity index (χ3v) is 4.50. The summed E-state index contributed by atoms with van der Waals surface area (Å²) in [6.45, 7) is 8.73. The van der Waals surface area contributed by atoms with Crippen molar-refractivity contribution in [1.82, 2.24) is 15.3 Å². The van der Waals surface area contributed by atoms with Crippen molar-refractivity contribution in [1.29, 1.82) is 0 Å². The Morgan fingerprint density at radius 3 is 2.71 bits per heavy atom. The summed E-state index contributed by atoms with van der Waals surface area (Å²) in [6.07, 6.45) is 3.91. The molecule has 0 radical (unpaired) electrons. The lowest BCUT2D eigenvalue weighted by atomic mass is 9.54. The second kappa shape index (κ2) is 5.69. The highest BCUT2D eigenvalue weighted by Crippen LogP contribution is 2.49. The third kappa shape index (κ3) is 2.78. The molecule has 1 amide bonds. The van der Waals surface area contributed by atoms with Gasteiger partial charge in [-0.2, -0.15) is 0 Å². The van der Waals surface area contributed by atoms with Gasteiger partial charge in [-0.25, -0.2) is 0 Å². The van der Waals surface area contributed by atoms with Gasteiger partial charge in [-0.05, 0) is 13.8 Å². The molecule has 6 nitrogen and oxygen atoms in total. The van der Waals surface area contributed by atoms with Crippen molar-refractivity contribution in [2.45, 2.75) is 52.3 Å². The summed E-state index contributed by atoms with van der Waals surface area (Å²) in [6, 6.07) is 0. The van der Waals surface area contributed by atoms with Gasteiger partial charge in [0.15, 0.2) is 0 Å². The highest BCUT2D eigenvalue weighted by Gasteiger charge is 2.62. The van der Waals surface area contributed by atoms with Crippen molar-refractivity contribution < 1.29 is 9.53 Å². The SMILES string of the molecule is CCOC1CC(N)(C(=O)NCc2cnc(C)cn2)C1(C)C. The van der Waals surface area contributed by atoms with Crippen LogP contribution in [-0.4, -0.2) is 34.1 Å². The van der Waals surface area contributed by atoms with Gasteiger partial charge in [0.25, 0.3) is 0 Å². The van der Waals surface area contributed by atoms with E-state index in [9.17, 15) is 4.79 Å². The van der Waals surface area contributed by atoms with E-state index < -0.39 is 5.54 Å². The summed E-state index contributed by atoms with van der Waals surface area (Å²) in [4.78, 5) is 20.8. The van der Waals surface area contributed by atoms with E-state index in [4.69, 9.17) is 10.5 Å². The average molecular weight is 292 g/mol. The predicted octanol–water partition coefficient (Wildman–Crippen LogP) is 0.934. The van der Waals surface area contributed by atoms with Gasteiger partial charge in [-0.15, -0.1) is 0 Å². The summed E-state index contributed by atoms with van der Waals surface area (Å²) in [7, 11) is 0. The molecule has 1 fully saturated rings. The molecule has 0 spiro atoms. The quantitative estimate of drug-likeness (QED) is 0.842. The number of carbonyl (C=O) groups is 1. The molecule has 1 heterocycles. The maximum atomic E-state index is 12.4. The molecule has 116 valence electrons.